The summed E-state index contributed by atoms with van der Waals surface area (Å²) in [5.41, 5.74) is 6.13. The summed E-state index contributed by atoms with van der Waals surface area (Å²) in [4.78, 5) is 19.2. The average molecular weight is 822 g/mol. The van der Waals surface area contributed by atoms with Gasteiger partial charge >= 0.3 is 6.18 Å². The number of amides is 1. The Balaban J connectivity index is 0.000000264. The standard InChI is InChI=1S/C24H26ClF3N2O5S.C12H15ClN2O.ClH/c1-3-22(24(26,27)28)35-21-5-4-17(36(2,32)33)12-18(21)23(31)30-13-15-10-19(25)20(11-16(15)14-30)29-6-8-34-9-7-29;13-11-5-9-7-14-8-10(9)6-12(11)15-1-3-16-4-2-15;/h4-5,10-12,22H,3,6-9,13-14H2,1-2H3;5-6,14H,1-4,7-8H2;1H. The molecule has 0 aliphatic carbocycles. The molecule has 0 spiro atoms. The number of carbonyl (C=O) groups excluding carboxylic acids is 1. The Kier molecular flexibility index (Phi) is 13.4. The molecule has 1 atom stereocenters. The molecular weight excluding hydrogens is 780 g/mol. The van der Waals surface area contributed by atoms with Crippen molar-refractivity contribution in [3.05, 3.63) is 80.3 Å². The molecule has 0 saturated carbocycles. The number of anilines is 2. The first-order valence-electron chi connectivity index (χ1n) is 17.1. The molecule has 2 fully saturated rings. The van der Waals surface area contributed by atoms with E-state index in [-0.39, 0.29) is 48.1 Å². The highest BCUT2D eigenvalue weighted by Gasteiger charge is 2.41. The molecule has 1 N–H and O–H groups in total. The number of halogens is 6. The molecule has 0 aromatic heterocycles. The predicted octanol–water partition coefficient (Wildman–Crippen LogP) is 6.66. The number of hydrogen-bond acceptors (Lipinski definition) is 9. The average Bonchev–Trinajstić information content (AvgIpc) is 3.76. The van der Waals surface area contributed by atoms with Crippen molar-refractivity contribution < 1.29 is 40.6 Å². The predicted molar refractivity (Wildman–Crippen MR) is 201 cm³/mol. The fourth-order valence-electron chi connectivity index (χ4n) is 6.67. The second-order valence-electron chi connectivity index (χ2n) is 13.1. The Bertz CT molecular complexity index is 1910. The Morgan fingerprint density at radius 3 is 1.85 bits per heavy atom. The summed E-state index contributed by atoms with van der Waals surface area (Å²) in [6, 6.07) is 11.3. The molecule has 3 aromatic carbocycles. The van der Waals surface area contributed by atoms with E-state index in [9.17, 15) is 26.4 Å². The van der Waals surface area contributed by atoms with E-state index in [2.05, 4.69) is 27.2 Å². The molecule has 4 heterocycles. The highest BCUT2D eigenvalue weighted by Crippen LogP contribution is 2.37. The first-order valence-corrected chi connectivity index (χ1v) is 19.7. The minimum absolute atomic E-state index is 0. The van der Waals surface area contributed by atoms with Gasteiger partial charge in [-0.2, -0.15) is 13.2 Å². The van der Waals surface area contributed by atoms with Crippen molar-refractivity contribution in [3.63, 3.8) is 0 Å². The van der Waals surface area contributed by atoms with Crippen LogP contribution in [0.1, 0.15) is 46.0 Å². The van der Waals surface area contributed by atoms with Gasteiger partial charge in [0.1, 0.15) is 5.75 Å². The lowest BCUT2D eigenvalue weighted by Crippen LogP contribution is -2.36. The highest BCUT2D eigenvalue weighted by atomic mass is 35.5. The molecule has 17 heteroatoms. The Hall–Kier alpha value is -2.98. The van der Waals surface area contributed by atoms with Gasteiger partial charge in [0.05, 0.1) is 58.3 Å². The Morgan fingerprint density at radius 2 is 1.34 bits per heavy atom. The van der Waals surface area contributed by atoms with E-state index in [1.807, 2.05) is 6.07 Å². The zero-order valence-corrected chi connectivity index (χ0v) is 32.5. The minimum Gasteiger partial charge on any atom is -0.480 e. The van der Waals surface area contributed by atoms with E-state index in [4.69, 9.17) is 37.4 Å². The lowest BCUT2D eigenvalue weighted by molar-refractivity contribution is -0.195. The molecule has 1 amide bonds. The normalized spacial score (nSPS) is 17.7. The zero-order valence-electron chi connectivity index (χ0n) is 29.3. The first kappa shape index (κ1) is 41.2. The van der Waals surface area contributed by atoms with Crippen molar-refractivity contribution >= 4 is 62.7 Å². The van der Waals surface area contributed by atoms with Crippen molar-refractivity contribution in [2.45, 2.75) is 56.7 Å². The SMILES string of the molecule is CCC(Oc1ccc(S(C)(=O)=O)cc1C(=O)N1Cc2cc(Cl)c(N3CCOCC3)cc2C1)C(F)(F)F.Cl.Clc1cc2c(cc1N1CCOCC1)CNC2. The van der Waals surface area contributed by atoms with Crippen LogP contribution >= 0.6 is 35.6 Å². The number of hydrogen-bond donors (Lipinski definition) is 1. The van der Waals surface area contributed by atoms with Gasteiger partial charge < -0.3 is 34.2 Å². The van der Waals surface area contributed by atoms with E-state index in [0.29, 0.717) is 31.3 Å². The van der Waals surface area contributed by atoms with Gasteiger partial charge in [0.2, 0.25) is 0 Å². The molecule has 290 valence electrons. The van der Waals surface area contributed by atoms with Crippen LogP contribution in [0.25, 0.3) is 0 Å². The van der Waals surface area contributed by atoms with Gasteiger partial charge in [-0.25, -0.2) is 8.42 Å². The molecule has 3 aromatic rings. The lowest BCUT2D eigenvalue weighted by atomic mass is 10.1. The second-order valence-corrected chi connectivity index (χ2v) is 15.9. The van der Waals surface area contributed by atoms with Crippen molar-refractivity contribution in [1.82, 2.24) is 10.2 Å². The van der Waals surface area contributed by atoms with Gasteiger partial charge in [0, 0.05) is 58.6 Å². The van der Waals surface area contributed by atoms with Crippen LogP contribution in [0.5, 0.6) is 5.75 Å². The maximum Gasteiger partial charge on any atom is 0.425 e. The number of sulfone groups is 1. The second kappa shape index (κ2) is 17.2. The highest BCUT2D eigenvalue weighted by molar-refractivity contribution is 7.90. The summed E-state index contributed by atoms with van der Waals surface area (Å²) < 4.78 is 80.3. The van der Waals surface area contributed by atoms with Crippen LogP contribution in [-0.2, 0) is 45.5 Å². The number of morpholine rings is 2. The number of ether oxygens (including phenoxy) is 3. The Labute approximate surface area is 323 Å². The fraction of sp³-hybridized carbons (Fsp3) is 0.472. The molecule has 0 bridgehead atoms. The minimum atomic E-state index is -4.65. The molecule has 7 rings (SSSR count). The number of benzene rings is 3. The van der Waals surface area contributed by atoms with Crippen molar-refractivity contribution in [3.8, 4) is 5.75 Å². The van der Waals surface area contributed by atoms with Gasteiger partial charge in [-0.15, -0.1) is 12.4 Å². The Morgan fingerprint density at radius 1 is 0.849 bits per heavy atom. The lowest BCUT2D eigenvalue weighted by Gasteiger charge is -2.30. The van der Waals surface area contributed by atoms with Crippen LogP contribution in [0.2, 0.25) is 10.0 Å². The van der Waals surface area contributed by atoms with Crippen LogP contribution < -0.4 is 19.9 Å². The molecular formula is C36H42Cl3F3N4O6S. The van der Waals surface area contributed by atoms with Crippen LogP contribution in [0.15, 0.2) is 47.4 Å². The van der Waals surface area contributed by atoms with E-state index in [1.165, 1.54) is 23.0 Å². The molecule has 10 nitrogen and oxygen atoms in total. The molecule has 4 aliphatic rings. The number of alkyl halides is 3. The van der Waals surface area contributed by atoms with E-state index >= 15 is 0 Å². The van der Waals surface area contributed by atoms with Gasteiger partial charge in [-0.1, -0.05) is 30.1 Å². The van der Waals surface area contributed by atoms with Crippen LogP contribution in [0, 0.1) is 0 Å². The van der Waals surface area contributed by atoms with Crippen molar-refractivity contribution in [2.75, 3.05) is 68.7 Å². The van der Waals surface area contributed by atoms with E-state index < -0.39 is 28.0 Å². The first-order chi connectivity index (χ1) is 24.7. The third-order valence-electron chi connectivity index (χ3n) is 9.50. The number of fused-ring (bicyclic) bond motifs is 2. The maximum atomic E-state index is 13.5. The van der Waals surface area contributed by atoms with Gasteiger partial charge in [0.25, 0.3) is 5.91 Å². The molecule has 2 saturated heterocycles. The summed E-state index contributed by atoms with van der Waals surface area (Å²) in [6.45, 7) is 9.57. The summed E-state index contributed by atoms with van der Waals surface area (Å²) in [6.07, 6.45) is -6.20. The molecule has 0 radical (unpaired) electrons. The number of nitrogens with zero attached hydrogens (tertiary/aromatic N) is 3. The number of nitrogens with one attached hydrogen (secondary N) is 1. The third-order valence-corrected chi connectivity index (χ3v) is 11.2. The number of carbonyl (C=O) groups is 1. The van der Waals surface area contributed by atoms with E-state index in [0.717, 1.165) is 91.4 Å². The van der Waals surface area contributed by atoms with E-state index in [1.54, 1.807) is 6.07 Å². The summed E-state index contributed by atoms with van der Waals surface area (Å²) in [5, 5.41) is 4.74. The van der Waals surface area contributed by atoms with Crippen LogP contribution in [-0.4, -0.2) is 90.4 Å². The number of rotatable bonds is 7. The fourth-order valence-corrected chi connectivity index (χ4v) is 7.93. The molecule has 4 aliphatic heterocycles. The largest absolute Gasteiger partial charge is 0.480 e. The summed E-state index contributed by atoms with van der Waals surface area (Å²) in [7, 11) is -3.72. The van der Waals surface area contributed by atoms with Crippen molar-refractivity contribution in [2.24, 2.45) is 0 Å². The smallest absolute Gasteiger partial charge is 0.425 e. The quantitative estimate of drug-likeness (QED) is 0.281. The van der Waals surface area contributed by atoms with Crippen molar-refractivity contribution in [1.29, 1.82) is 0 Å². The van der Waals surface area contributed by atoms with Gasteiger partial charge in [0.15, 0.2) is 15.9 Å². The van der Waals surface area contributed by atoms with Crippen LogP contribution in [0.3, 0.4) is 0 Å². The maximum absolute atomic E-state index is 13.5. The molecule has 53 heavy (non-hydrogen) atoms. The topological polar surface area (TPSA) is 101 Å². The van der Waals surface area contributed by atoms with Crippen LogP contribution in [0.4, 0.5) is 24.5 Å². The third kappa shape index (κ3) is 9.64. The van der Waals surface area contributed by atoms with Gasteiger partial charge in [-0.05, 0) is 71.1 Å². The molecule has 1 unspecified atom stereocenters. The monoisotopic (exact) mass is 820 g/mol. The summed E-state index contributed by atoms with van der Waals surface area (Å²) in [5.74, 6) is -0.952. The summed E-state index contributed by atoms with van der Waals surface area (Å²) >= 11 is 12.8. The zero-order chi connectivity index (χ0) is 37.2. The van der Waals surface area contributed by atoms with Gasteiger partial charge in [-0.3, -0.25) is 4.79 Å².